The van der Waals surface area contributed by atoms with Gasteiger partial charge in [-0.05, 0) is 38.5 Å². The van der Waals surface area contributed by atoms with Gasteiger partial charge in [-0.3, -0.25) is 4.99 Å². The van der Waals surface area contributed by atoms with E-state index in [2.05, 4.69) is 15.6 Å². The zero-order valence-electron chi connectivity index (χ0n) is 14.3. The minimum Gasteiger partial charge on any atom is -0.382 e. The van der Waals surface area contributed by atoms with Gasteiger partial charge in [0.2, 0.25) is 0 Å². The predicted octanol–water partition coefficient (Wildman–Crippen LogP) is 3.48. The molecule has 0 heterocycles. The molecule has 0 amide bonds. The molecule has 1 aliphatic carbocycles. The lowest BCUT2D eigenvalue weighted by Gasteiger charge is -2.27. The Morgan fingerprint density at radius 1 is 1.17 bits per heavy atom. The second kappa shape index (κ2) is 10.0. The van der Waals surface area contributed by atoms with Crippen LogP contribution in [0.2, 0.25) is 0 Å². The number of rotatable bonds is 9. The maximum atomic E-state index is 12.2. The summed E-state index contributed by atoms with van der Waals surface area (Å²) in [6.07, 6.45) is 0.587. The van der Waals surface area contributed by atoms with Crippen LogP contribution in [0.15, 0.2) is 4.99 Å². The van der Waals surface area contributed by atoms with Crippen molar-refractivity contribution in [3.8, 4) is 0 Å². The van der Waals surface area contributed by atoms with Crippen LogP contribution in [0.25, 0.3) is 0 Å². The van der Waals surface area contributed by atoms with Crippen molar-refractivity contribution in [1.29, 1.82) is 0 Å². The van der Waals surface area contributed by atoms with E-state index in [1.165, 1.54) is 12.8 Å². The highest BCUT2D eigenvalue weighted by Crippen LogP contribution is 2.41. The van der Waals surface area contributed by atoms with Crippen LogP contribution in [-0.4, -0.2) is 45.0 Å². The van der Waals surface area contributed by atoms with Gasteiger partial charge in [-0.15, -0.1) is 0 Å². The van der Waals surface area contributed by atoms with Crippen LogP contribution in [0.1, 0.15) is 52.4 Å². The minimum atomic E-state index is -4.14. The lowest BCUT2D eigenvalue weighted by atomic mass is 9.83. The second-order valence-electron chi connectivity index (χ2n) is 6.14. The lowest BCUT2D eigenvalue weighted by molar-refractivity contribution is -0.132. The van der Waals surface area contributed by atoms with Gasteiger partial charge in [-0.1, -0.05) is 12.8 Å². The Morgan fingerprint density at radius 2 is 1.87 bits per heavy atom. The van der Waals surface area contributed by atoms with Gasteiger partial charge in [0.25, 0.3) is 0 Å². The van der Waals surface area contributed by atoms with E-state index < -0.39 is 12.6 Å². The van der Waals surface area contributed by atoms with Crippen LogP contribution in [0.3, 0.4) is 0 Å². The zero-order valence-corrected chi connectivity index (χ0v) is 14.3. The molecule has 2 N–H and O–H groups in total. The number of nitrogens with one attached hydrogen (secondary N) is 2. The molecule has 0 aliphatic heterocycles. The summed E-state index contributed by atoms with van der Waals surface area (Å²) in [5.74, 6) is 0.472. The van der Waals surface area contributed by atoms with E-state index in [-0.39, 0.29) is 12.0 Å². The highest BCUT2D eigenvalue weighted by atomic mass is 19.4. The Hall–Kier alpha value is -0.980. The largest absolute Gasteiger partial charge is 0.390 e. The van der Waals surface area contributed by atoms with E-state index in [9.17, 15) is 13.2 Å². The van der Waals surface area contributed by atoms with Gasteiger partial charge in [0.15, 0.2) is 5.96 Å². The van der Waals surface area contributed by atoms with E-state index in [1.807, 2.05) is 13.8 Å². The van der Waals surface area contributed by atoms with E-state index in [0.717, 1.165) is 25.9 Å². The summed E-state index contributed by atoms with van der Waals surface area (Å²) in [4.78, 5) is 4.54. The zero-order chi connectivity index (χ0) is 17.2. The van der Waals surface area contributed by atoms with Crippen LogP contribution in [0.5, 0.6) is 0 Å². The van der Waals surface area contributed by atoms with Crippen molar-refractivity contribution < 1.29 is 17.9 Å². The van der Waals surface area contributed by atoms with E-state index in [4.69, 9.17) is 4.74 Å². The van der Waals surface area contributed by atoms with Gasteiger partial charge in [-0.25, -0.2) is 0 Å². The van der Waals surface area contributed by atoms with Gasteiger partial charge >= 0.3 is 6.18 Å². The van der Waals surface area contributed by atoms with Crippen LogP contribution in [0.4, 0.5) is 13.2 Å². The van der Waals surface area contributed by atoms with Gasteiger partial charge in [0.1, 0.15) is 0 Å². The molecule has 0 radical (unpaired) electrons. The Kier molecular flexibility index (Phi) is 8.73. The number of guanidine groups is 1. The summed E-state index contributed by atoms with van der Waals surface area (Å²) in [5, 5.41) is 5.79. The molecule has 0 spiro atoms. The first-order chi connectivity index (χ1) is 10.9. The summed E-state index contributed by atoms with van der Waals surface area (Å²) < 4.78 is 42.2. The molecule has 4 nitrogen and oxygen atoms in total. The normalized spacial score (nSPS) is 18.2. The molecule has 7 heteroatoms. The van der Waals surface area contributed by atoms with Gasteiger partial charge < -0.3 is 15.4 Å². The summed E-state index contributed by atoms with van der Waals surface area (Å²) in [6.45, 7) is 6.44. The molecule has 0 bridgehead atoms. The second-order valence-corrected chi connectivity index (χ2v) is 6.14. The third-order valence-electron chi connectivity index (χ3n) is 4.26. The Bertz CT molecular complexity index is 353. The van der Waals surface area contributed by atoms with Crippen molar-refractivity contribution in [2.24, 2.45) is 10.4 Å². The summed E-state index contributed by atoms with van der Waals surface area (Å²) >= 11 is 0. The highest BCUT2D eigenvalue weighted by molar-refractivity contribution is 5.79. The molecule has 1 saturated carbocycles. The molecule has 136 valence electrons. The molecule has 0 saturated heterocycles. The first-order valence-corrected chi connectivity index (χ1v) is 8.57. The van der Waals surface area contributed by atoms with Gasteiger partial charge in [0.05, 0.1) is 6.42 Å². The van der Waals surface area contributed by atoms with Crippen molar-refractivity contribution in [3.05, 3.63) is 0 Å². The monoisotopic (exact) mass is 337 g/mol. The van der Waals surface area contributed by atoms with Crippen molar-refractivity contribution in [2.75, 3.05) is 32.8 Å². The summed E-state index contributed by atoms with van der Waals surface area (Å²) in [6, 6.07) is 0. The highest BCUT2D eigenvalue weighted by Gasteiger charge is 2.33. The van der Waals surface area contributed by atoms with Crippen LogP contribution in [0, 0.1) is 5.41 Å². The molecule has 0 unspecified atom stereocenters. The fourth-order valence-electron chi connectivity index (χ4n) is 2.96. The number of hydrogen-bond acceptors (Lipinski definition) is 2. The maximum absolute atomic E-state index is 12.2. The van der Waals surface area contributed by atoms with Crippen LogP contribution >= 0.6 is 0 Å². The predicted molar refractivity (Wildman–Crippen MR) is 86.7 cm³/mol. The first-order valence-electron chi connectivity index (χ1n) is 8.57. The van der Waals surface area contributed by atoms with E-state index in [1.54, 1.807) is 0 Å². The minimum absolute atomic E-state index is 0.140. The molecule has 1 rings (SSSR count). The van der Waals surface area contributed by atoms with Gasteiger partial charge in [0, 0.05) is 32.8 Å². The first kappa shape index (κ1) is 20.1. The molecule has 1 fully saturated rings. The Balaban J connectivity index is 2.54. The molecule has 23 heavy (non-hydrogen) atoms. The van der Waals surface area contributed by atoms with Crippen molar-refractivity contribution in [2.45, 2.75) is 58.5 Å². The number of aliphatic imine (C=N–C) groups is 1. The number of hydrogen-bond donors (Lipinski definition) is 2. The number of ether oxygens (including phenoxy) is 1. The standard InChI is InChI=1S/C16H30F3N3O/c1-3-20-14(21-11-9-16(17,18)19)22-13-15(7-5-6-8-15)10-12-23-4-2/h3-13H2,1-2H3,(H2,20,21,22). The van der Waals surface area contributed by atoms with Crippen molar-refractivity contribution >= 4 is 5.96 Å². The Morgan fingerprint density at radius 3 is 2.43 bits per heavy atom. The van der Waals surface area contributed by atoms with E-state index >= 15 is 0 Å². The molecular weight excluding hydrogens is 307 g/mol. The molecule has 1 aliphatic rings. The van der Waals surface area contributed by atoms with Crippen molar-refractivity contribution in [1.82, 2.24) is 10.6 Å². The van der Waals surface area contributed by atoms with Crippen LogP contribution in [-0.2, 0) is 4.74 Å². The van der Waals surface area contributed by atoms with Crippen molar-refractivity contribution in [3.63, 3.8) is 0 Å². The average molecular weight is 337 g/mol. The smallest absolute Gasteiger partial charge is 0.382 e. The van der Waals surface area contributed by atoms with Gasteiger partial charge in [-0.2, -0.15) is 13.2 Å². The third-order valence-corrected chi connectivity index (χ3v) is 4.26. The average Bonchev–Trinajstić information content (AvgIpc) is 2.93. The SMILES string of the molecule is CCNC(=NCC1(CCOCC)CCCC1)NCCC(F)(F)F. The van der Waals surface area contributed by atoms with E-state index in [0.29, 0.717) is 25.7 Å². The number of alkyl halides is 3. The van der Waals surface area contributed by atoms with Crippen LogP contribution < -0.4 is 10.6 Å². The number of nitrogens with zero attached hydrogens (tertiary/aromatic N) is 1. The summed E-state index contributed by atoms with van der Waals surface area (Å²) in [7, 11) is 0. The molecule has 0 aromatic carbocycles. The molecule has 0 atom stereocenters. The maximum Gasteiger partial charge on any atom is 0.390 e. The quantitative estimate of drug-likeness (QED) is 0.385. The number of halogens is 3. The molecule has 0 aromatic heterocycles. The molecule has 0 aromatic rings. The molecular formula is C16H30F3N3O. The lowest BCUT2D eigenvalue weighted by Crippen LogP contribution is -2.40. The fraction of sp³-hybridized carbons (Fsp3) is 0.938. The fourth-order valence-corrected chi connectivity index (χ4v) is 2.96. The Labute approximate surface area is 137 Å². The third kappa shape index (κ3) is 8.44. The summed E-state index contributed by atoms with van der Waals surface area (Å²) in [5.41, 5.74) is 0.140. The topological polar surface area (TPSA) is 45.7 Å².